The van der Waals surface area contributed by atoms with Gasteiger partial charge in [-0.3, -0.25) is 0 Å². The van der Waals surface area contributed by atoms with Crippen LogP contribution in [0.2, 0.25) is 0 Å². The number of rotatable bonds is 4. The highest BCUT2D eigenvalue weighted by atomic mass is 14.9. The summed E-state index contributed by atoms with van der Waals surface area (Å²) in [6.07, 6.45) is 0. The molecule has 0 fully saturated rings. The van der Waals surface area contributed by atoms with Gasteiger partial charge in [0, 0.05) is 16.5 Å². The van der Waals surface area contributed by atoms with Crippen LogP contribution in [-0.2, 0) is 0 Å². The van der Waals surface area contributed by atoms with E-state index in [1.165, 1.54) is 27.5 Å². The Hall–Kier alpha value is -5.08. The molecule has 0 aliphatic rings. The summed E-state index contributed by atoms with van der Waals surface area (Å²) in [5.74, 6) is 0.738. The van der Waals surface area contributed by atoms with Crippen LogP contribution in [0.15, 0.2) is 146 Å². The lowest BCUT2D eigenvalue weighted by Gasteiger charge is -2.14. The molecule has 0 aliphatic heterocycles. The maximum Gasteiger partial charge on any atom is 0.160 e. The zero-order chi connectivity index (χ0) is 25.3. The molecule has 0 spiro atoms. The Labute approximate surface area is 221 Å². The Bertz CT molecular complexity index is 1890. The summed E-state index contributed by atoms with van der Waals surface area (Å²) in [5, 5.41) is 3.52. The van der Waals surface area contributed by atoms with Gasteiger partial charge in [-0.15, -0.1) is 0 Å². The van der Waals surface area contributed by atoms with Crippen LogP contribution in [0, 0.1) is 0 Å². The van der Waals surface area contributed by atoms with Crippen LogP contribution in [0.3, 0.4) is 0 Å². The predicted molar refractivity (Wildman–Crippen MR) is 159 cm³/mol. The Morgan fingerprint density at radius 2 is 0.868 bits per heavy atom. The first kappa shape index (κ1) is 22.1. The summed E-state index contributed by atoms with van der Waals surface area (Å²) in [7, 11) is 0. The van der Waals surface area contributed by atoms with Gasteiger partial charge in [0.25, 0.3) is 0 Å². The van der Waals surface area contributed by atoms with Crippen molar-refractivity contribution in [1.29, 1.82) is 0 Å². The van der Waals surface area contributed by atoms with E-state index >= 15 is 0 Å². The molecule has 0 radical (unpaired) electrons. The zero-order valence-electron chi connectivity index (χ0n) is 20.8. The molecule has 7 aromatic rings. The van der Waals surface area contributed by atoms with Gasteiger partial charge in [0.05, 0.1) is 11.2 Å². The molecule has 2 nitrogen and oxygen atoms in total. The topological polar surface area (TPSA) is 25.8 Å². The van der Waals surface area contributed by atoms with E-state index < -0.39 is 0 Å². The first-order chi connectivity index (χ1) is 18.8. The van der Waals surface area contributed by atoms with Gasteiger partial charge in [-0.2, -0.15) is 0 Å². The lowest BCUT2D eigenvalue weighted by atomic mass is 9.91. The molecule has 0 unspecified atom stereocenters. The number of nitrogens with zero attached hydrogens (tertiary/aromatic N) is 2. The molecule has 7 rings (SSSR count). The van der Waals surface area contributed by atoms with Crippen LogP contribution in [0.1, 0.15) is 0 Å². The van der Waals surface area contributed by atoms with E-state index in [4.69, 9.17) is 9.97 Å². The molecule has 0 aliphatic carbocycles. The molecule has 0 N–H and O–H groups in total. The molecular weight excluding hydrogens is 460 g/mol. The van der Waals surface area contributed by atoms with Gasteiger partial charge in [-0.25, -0.2) is 9.97 Å². The average Bonchev–Trinajstić information content (AvgIpc) is 3.01. The molecule has 178 valence electrons. The van der Waals surface area contributed by atoms with Gasteiger partial charge in [0.1, 0.15) is 0 Å². The minimum atomic E-state index is 0.738. The summed E-state index contributed by atoms with van der Waals surface area (Å²) >= 11 is 0. The van der Waals surface area contributed by atoms with Crippen molar-refractivity contribution in [1.82, 2.24) is 9.97 Å². The number of hydrogen-bond acceptors (Lipinski definition) is 2. The fourth-order valence-corrected chi connectivity index (χ4v) is 5.25. The van der Waals surface area contributed by atoms with Crippen molar-refractivity contribution in [3.63, 3.8) is 0 Å². The summed E-state index contributed by atoms with van der Waals surface area (Å²) in [5.41, 5.74) is 8.80. The van der Waals surface area contributed by atoms with E-state index in [0.717, 1.165) is 39.1 Å². The largest absolute Gasteiger partial charge is 0.228 e. The minimum Gasteiger partial charge on any atom is -0.228 e. The summed E-state index contributed by atoms with van der Waals surface area (Å²) in [6.45, 7) is 0. The van der Waals surface area contributed by atoms with Crippen LogP contribution in [-0.4, -0.2) is 9.97 Å². The van der Waals surface area contributed by atoms with E-state index in [2.05, 4.69) is 121 Å². The maximum absolute atomic E-state index is 5.08. The maximum atomic E-state index is 5.08. The van der Waals surface area contributed by atoms with Crippen molar-refractivity contribution in [2.45, 2.75) is 0 Å². The molecule has 0 saturated carbocycles. The molecular formula is C36H24N2. The molecule has 1 heterocycles. The lowest BCUT2D eigenvalue weighted by molar-refractivity contribution is 1.23. The van der Waals surface area contributed by atoms with Crippen molar-refractivity contribution < 1.29 is 0 Å². The van der Waals surface area contributed by atoms with Gasteiger partial charge in [0.2, 0.25) is 0 Å². The van der Waals surface area contributed by atoms with Crippen molar-refractivity contribution in [2.24, 2.45) is 0 Å². The van der Waals surface area contributed by atoms with E-state index in [-0.39, 0.29) is 0 Å². The molecule has 38 heavy (non-hydrogen) atoms. The summed E-state index contributed by atoms with van der Waals surface area (Å²) in [4.78, 5) is 10.1. The van der Waals surface area contributed by atoms with E-state index in [1.54, 1.807) is 0 Å². The van der Waals surface area contributed by atoms with E-state index in [9.17, 15) is 0 Å². The quantitative estimate of drug-likeness (QED) is 0.249. The van der Waals surface area contributed by atoms with Crippen LogP contribution < -0.4 is 0 Å². The number of hydrogen-bond donors (Lipinski definition) is 0. The molecule has 0 amide bonds. The third-order valence-electron chi connectivity index (χ3n) is 7.09. The average molecular weight is 485 g/mol. The van der Waals surface area contributed by atoms with Crippen molar-refractivity contribution >= 4 is 21.7 Å². The number of aromatic nitrogens is 2. The van der Waals surface area contributed by atoms with Gasteiger partial charge < -0.3 is 0 Å². The van der Waals surface area contributed by atoms with Crippen LogP contribution in [0.25, 0.3) is 66.6 Å². The van der Waals surface area contributed by atoms with Crippen molar-refractivity contribution in [3.05, 3.63) is 146 Å². The Kier molecular flexibility index (Phi) is 5.49. The molecule has 1 aromatic heterocycles. The first-order valence-corrected chi connectivity index (χ1v) is 12.9. The fourth-order valence-electron chi connectivity index (χ4n) is 5.25. The van der Waals surface area contributed by atoms with Gasteiger partial charge in [-0.1, -0.05) is 133 Å². The first-order valence-electron chi connectivity index (χ1n) is 12.9. The van der Waals surface area contributed by atoms with Gasteiger partial charge in [0.15, 0.2) is 5.82 Å². The third kappa shape index (κ3) is 3.93. The number of fused-ring (bicyclic) bond motifs is 2. The van der Waals surface area contributed by atoms with Crippen molar-refractivity contribution in [3.8, 4) is 44.9 Å². The smallest absolute Gasteiger partial charge is 0.160 e. The van der Waals surface area contributed by atoms with Gasteiger partial charge in [-0.05, 0) is 45.2 Å². The third-order valence-corrected chi connectivity index (χ3v) is 7.09. The monoisotopic (exact) mass is 484 g/mol. The zero-order valence-corrected chi connectivity index (χ0v) is 20.8. The minimum absolute atomic E-state index is 0.738. The second-order valence-corrected chi connectivity index (χ2v) is 9.43. The molecule has 0 bridgehead atoms. The Morgan fingerprint density at radius 1 is 0.342 bits per heavy atom. The normalized spacial score (nSPS) is 11.2. The Balaban J connectivity index is 1.45. The summed E-state index contributed by atoms with van der Waals surface area (Å²) < 4.78 is 0. The Morgan fingerprint density at radius 3 is 1.50 bits per heavy atom. The highest BCUT2D eigenvalue weighted by Gasteiger charge is 2.14. The molecule has 0 atom stereocenters. The summed E-state index contributed by atoms with van der Waals surface area (Å²) in [6, 6.07) is 50.9. The lowest BCUT2D eigenvalue weighted by Crippen LogP contribution is -1.95. The molecule has 0 saturated heterocycles. The predicted octanol–water partition coefficient (Wildman–Crippen LogP) is 9.45. The van der Waals surface area contributed by atoms with Crippen molar-refractivity contribution in [2.75, 3.05) is 0 Å². The highest BCUT2D eigenvalue weighted by Crippen LogP contribution is 2.38. The van der Waals surface area contributed by atoms with Crippen LogP contribution in [0.4, 0.5) is 0 Å². The molecule has 6 aromatic carbocycles. The molecule has 2 heteroatoms. The highest BCUT2D eigenvalue weighted by molar-refractivity contribution is 6.06. The van der Waals surface area contributed by atoms with Gasteiger partial charge >= 0.3 is 0 Å². The second-order valence-electron chi connectivity index (χ2n) is 9.43. The fraction of sp³-hybridized carbons (Fsp3) is 0. The van der Waals surface area contributed by atoms with E-state index in [0.29, 0.717) is 0 Å². The SMILES string of the molecule is c1ccc(-c2nc(-c3ccccc3)c3cc(-c4ccc(-c5ccccc5)c5ccccc45)ccc3n2)cc1. The standard InChI is InChI=1S/C36H24N2/c1-4-12-25(13-5-1)29-21-22-30(32-19-11-10-18-31(29)32)28-20-23-34-33(24-28)35(26-14-6-2-7-15-26)38-36(37-34)27-16-8-3-9-17-27/h1-24H. The van der Waals surface area contributed by atoms with Crippen LogP contribution >= 0.6 is 0 Å². The van der Waals surface area contributed by atoms with Crippen LogP contribution in [0.5, 0.6) is 0 Å². The second kappa shape index (κ2) is 9.42. The number of benzene rings is 6. The van der Waals surface area contributed by atoms with E-state index in [1.807, 2.05) is 24.3 Å².